The average molecular weight is 276 g/mol. The van der Waals surface area contributed by atoms with Crippen LogP contribution in [0.2, 0.25) is 10.0 Å². The van der Waals surface area contributed by atoms with Crippen LogP contribution in [0.1, 0.15) is 16.8 Å². The minimum Gasteiger partial charge on any atom is -0.349 e. The summed E-state index contributed by atoms with van der Waals surface area (Å²) < 4.78 is 0. The summed E-state index contributed by atoms with van der Waals surface area (Å²) in [6.07, 6.45) is 4.11. The number of hydrogen-bond acceptors (Lipinski definition) is 1. The Kier molecular flexibility index (Phi) is 3.74. The number of aromatic amines is 1. The highest BCUT2D eigenvalue weighted by atomic mass is 35.5. The van der Waals surface area contributed by atoms with E-state index in [1.165, 1.54) is 0 Å². The molecule has 2 nitrogen and oxygen atoms in total. The van der Waals surface area contributed by atoms with Gasteiger partial charge in [-0.3, -0.25) is 0 Å². The van der Waals surface area contributed by atoms with Crippen molar-refractivity contribution in [2.45, 2.75) is 11.8 Å². The summed E-state index contributed by atoms with van der Waals surface area (Å²) in [7, 11) is 0. The summed E-state index contributed by atoms with van der Waals surface area (Å²) in [6.45, 7) is 0. The predicted octanol–water partition coefficient (Wildman–Crippen LogP) is 4.24. The molecule has 5 heteroatoms. The standard InChI is InChI=1S/C11H9Cl3N2/c12-8-2-1-7(5-10(8)14)9(13)6-11-15-3-4-16-11/h1-5,9H,6H2,(H,15,16). The van der Waals surface area contributed by atoms with Gasteiger partial charge in [0.2, 0.25) is 0 Å². The SMILES string of the molecule is Clc1ccc(C(Cl)Cc2ncc[nH]2)cc1Cl. The van der Waals surface area contributed by atoms with Crippen molar-refractivity contribution in [2.24, 2.45) is 0 Å². The Morgan fingerprint density at radius 1 is 1.25 bits per heavy atom. The maximum absolute atomic E-state index is 6.26. The number of nitrogens with zero attached hydrogens (tertiary/aromatic N) is 1. The summed E-state index contributed by atoms with van der Waals surface area (Å²) in [6, 6.07) is 5.40. The molecule has 0 aliphatic carbocycles. The van der Waals surface area contributed by atoms with Crippen LogP contribution in [0.3, 0.4) is 0 Å². The van der Waals surface area contributed by atoms with Crippen LogP contribution in [-0.4, -0.2) is 9.97 Å². The van der Waals surface area contributed by atoms with E-state index < -0.39 is 0 Å². The molecular formula is C11H9Cl3N2. The van der Waals surface area contributed by atoms with Gasteiger partial charge in [0.25, 0.3) is 0 Å². The maximum Gasteiger partial charge on any atom is 0.107 e. The van der Waals surface area contributed by atoms with Gasteiger partial charge in [0.15, 0.2) is 0 Å². The zero-order valence-corrected chi connectivity index (χ0v) is 10.5. The first-order chi connectivity index (χ1) is 7.66. The zero-order valence-electron chi connectivity index (χ0n) is 8.25. The zero-order chi connectivity index (χ0) is 11.5. The molecule has 1 aromatic carbocycles. The number of halogens is 3. The van der Waals surface area contributed by atoms with Crippen LogP contribution in [0.4, 0.5) is 0 Å². The summed E-state index contributed by atoms with van der Waals surface area (Å²) in [5.41, 5.74) is 0.937. The second-order valence-electron chi connectivity index (χ2n) is 3.38. The van der Waals surface area contributed by atoms with Gasteiger partial charge in [0.05, 0.1) is 15.4 Å². The van der Waals surface area contributed by atoms with E-state index in [1.54, 1.807) is 24.5 Å². The lowest BCUT2D eigenvalue weighted by Crippen LogP contribution is -1.97. The van der Waals surface area contributed by atoms with Crippen LogP contribution in [0, 0.1) is 0 Å². The third-order valence-electron chi connectivity index (χ3n) is 2.23. The highest BCUT2D eigenvalue weighted by molar-refractivity contribution is 6.42. The van der Waals surface area contributed by atoms with Crippen molar-refractivity contribution in [3.05, 3.63) is 52.0 Å². The number of imidazole rings is 1. The van der Waals surface area contributed by atoms with Crippen LogP contribution in [0.15, 0.2) is 30.6 Å². The highest BCUT2D eigenvalue weighted by Crippen LogP contribution is 2.29. The topological polar surface area (TPSA) is 28.7 Å². The Labute approximate surface area is 109 Å². The molecule has 0 spiro atoms. The predicted molar refractivity (Wildman–Crippen MR) is 67.3 cm³/mol. The van der Waals surface area contributed by atoms with E-state index in [9.17, 15) is 0 Å². The van der Waals surface area contributed by atoms with Crippen molar-refractivity contribution in [2.75, 3.05) is 0 Å². The van der Waals surface area contributed by atoms with E-state index >= 15 is 0 Å². The Morgan fingerprint density at radius 2 is 2.06 bits per heavy atom. The third kappa shape index (κ3) is 2.70. The fourth-order valence-corrected chi connectivity index (χ4v) is 1.99. The minimum atomic E-state index is -0.166. The molecule has 0 bridgehead atoms. The molecule has 0 aliphatic heterocycles. The monoisotopic (exact) mass is 274 g/mol. The van der Waals surface area contributed by atoms with Gasteiger partial charge >= 0.3 is 0 Å². The van der Waals surface area contributed by atoms with Crippen molar-refractivity contribution in [3.63, 3.8) is 0 Å². The quantitative estimate of drug-likeness (QED) is 0.834. The van der Waals surface area contributed by atoms with Gasteiger partial charge in [-0.2, -0.15) is 0 Å². The molecule has 84 valence electrons. The van der Waals surface area contributed by atoms with E-state index in [-0.39, 0.29) is 5.38 Å². The number of aromatic nitrogens is 2. The minimum absolute atomic E-state index is 0.166. The molecule has 0 aliphatic rings. The fourth-order valence-electron chi connectivity index (χ4n) is 1.40. The van der Waals surface area contributed by atoms with E-state index in [4.69, 9.17) is 34.8 Å². The van der Waals surface area contributed by atoms with Gasteiger partial charge in [-0.05, 0) is 17.7 Å². The summed E-state index contributed by atoms with van der Waals surface area (Å²) in [5, 5.41) is 0.887. The maximum atomic E-state index is 6.26. The number of alkyl halides is 1. The second kappa shape index (κ2) is 5.09. The van der Waals surface area contributed by atoms with E-state index in [0.717, 1.165) is 11.4 Å². The first-order valence-electron chi connectivity index (χ1n) is 4.74. The van der Waals surface area contributed by atoms with Gasteiger partial charge in [-0.25, -0.2) is 4.98 Å². The summed E-state index contributed by atoms with van der Waals surface area (Å²) >= 11 is 18.0. The molecule has 1 N–H and O–H groups in total. The first-order valence-corrected chi connectivity index (χ1v) is 5.93. The van der Waals surface area contributed by atoms with Crippen molar-refractivity contribution >= 4 is 34.8 Å². The van der Waals surface area contributed by atoms with E-state index in [0.29, 0.717) is 16.5 Å². The van der Waals surface area contributed by atoms with Crippen molar-refractivity contribution in [1.82, 2.24) is 9.97 Å². The van der Waals surface area contributed by atoms with Gasteiger partial charge in [0, 0.05) is 18.8 Å². The summed E-state index contributed by atoms with van der Waals surface area (Å²) in [5.74, 6) is 0.853. The molecule has 0 fully saturated rings. The molecule has 16 heavy (non-hydrogen) atoms. The lowest BCUT2D eigenvalue weighted by Gasteiger charge is -2.09. The van der Waals surface area contributed by atoms with Gasteiger partial charge in [-0.15, -0.1) is 11.6 Å². The molecule has 0 saturated heterocycles. The first kappa shape index (κ1) is 11.8. The lowest BCUT2D eigenvalue weighted by atomic mass is 10.1. The molecule has 0 saturated carbocycles. The van der Waals surface area contributed by atoms with Crippen LogP contribution in [-0.2, 0) is 6.42 Å². The largest absolute Gasteiger partial charge is 0.349 e. The second-order valence-corrected chi connectivity index (χ2v) is 4.72. The van der Waals surface area contributed by atoms with E-state index in [2.05, 4.69) is 9.97 Å². The van der Waals surface area contributed by atoms with E-state index in [1.807, 2.05) is 6.07 Å². The number of rotatable bonds is 3. The Hall–Kier alpha value is -0.700. The molecule has 1 aromatic heterocycles. The normalized spacial score (nSPS) is 12.7. The van der Waals surface area contributed by atoms with Crippen LogP contribution in [0.5, 0.6) is 0 Å². The average Bonchev–Trinajstić information content (AvgIpc) is 2.74. The molecule has 2 rings (SSSR count). The molecule has 0 amide bonds. The molecule has 1 atom stereocenters. The van der Waals surface area contributed by atoms with Crippen LogP contribution >= 0.6 is 34.8 Å². The molecule has 1 heterocycles. The number of benzene rings is 1. The molecule has 1 unspecified atom stereocenters. The molecule has 2 aromatic rings. The smallest absolute Gasteiger partial charge is 0.107 e. The molecular weight excluding hydrogens is 266 g/mol. The van der Waals surface area contributed by atoms with Crippen molar-refractivity contribution in [3.8, 4) is 0 Å². The Bertz CT molecular complexity index is 468. The lowest BCUT2D eigenvalue weighted by molar-refractivity contribution is 0.855. The third-order valence-corrected chi connectivity index (χ3v) is 3.38. The van der Waals surface area contributed by atoms with Gasteiger partial charge < -0.3 is 4.98 Å². The number of hydrogen-bond donors (Lipinski definition) is 1. The van der Waals surface area contributed by atoms with Crippen molar-refractivity contribution in [1.29, 1.82) is 0 Å². The highest BCUT2D eigenvalue weighted by Gasteiger charge is 2.11. The number of nitrogens with one attached hydrogen (secondary N) is 1. The van der Waals surface area contributed by atoms with Crippen molar-refractivity contribution < 1.29 is 0 Å². The Balaban J connectivity index is 2.14. The van der Waals surface area contributed by atoms with Crippen LogP contribution < -0.4 is 0 Å². The van der Waals surface area contributed by atoms with Gasteiger partial charge in [0.1, 0.15) is 5.82 Å². The van der Waals surface area contributed by atoms with Crippen LogP contribution in [0.25, 0.3) is 0 Å². The summed E-state index contributed by atoms with van der Waals surface area (Å²) in [4.78, 5) is 7.13. The van der Waals surface area contributed by atoms with Gasteiger partial charge in [-0.1, -0.05) is 29.3 Å². The fraction of sp³-hybridized carbons (Fsp3) is 0.182. The molecule has 0 radical (unpaired) electrons. The number of H-pyrrole nitrogens is 1. The Morgan fingerprint density at radius 3 is 2.69 bits per heavy atom.